The predicted octanol–water partition coefficient (Wildman–Crippen LogP) is 2.20. The highest BCUT2D eigenvalue weighted by Gasteiger charge is 2.39. The zero-order valence-corrected chi connectivity index (χ0v) is 15.1. The van der Waals surface area contributed by atoms with Crippen molar-refractivity contribution in [2.75, 3.05) is 19.6 Å². The average Bonchev–Trinajstić information content (AvgIpc) is 2.90. The van der Waals surface area contributed by atoms with Crippen molar-refractivity contribution >= 4 is 29.3 Å². The van der Waals surface area contributed by atoms with Gasteiger partial charge in [0.05, 0.1) is 11.4 Å². The lowest BCUT2D eigenvalue weighted by atomic mass is 10.1. The fraction of sp³-hybridized carbons (Fsp3) is 0.562. The molecule has 24 heavy (non-hydrogen) atoms. The van der Waals surface area contributed by atoms with Crippen molar-refractivity contribution < 1.29 is 24.2 Å². The second kappa shape index (κ2) is 6.80. The molecule has 0 radical (unpaired) electrons. The smallest absolute Gasteiger partial charge is 0.410 e. The lowest BCUT2D eigenvalue weighted by Gasteiger charge is -2.39. The molecule has 1 aromatic heterocycles. The third-order valence-corrected chi connectivity index (χ3v) is 4.64. The molecule has 0 spiro atoms. The third-order valence-electron chi connectivity index (χ3n) is 3.63. The minimum Gasteiger partial charge on any atom is -0.480 e. The van der Waals surface area contributed by atoms with E-state index >= 15 is 0 Å². The number of carbonyl (C=O) groups is 3. The summed E-state index contributed by atoms with van der Waals surface area (Å²) in [4.78, 5) is 39.6. The monoisotopic (exact) mass is 354 g/mol. The maximum Gasteiger partial charge on any atom is 0.410 e. The molecule has 0 saturated carbocycles. The first-order valence-corrected chi connectivity index (χ1v) is 8.54. The number of aryl methyl sites for hydroxylation is 1. The summed E-state index contributed by atoms with van der Waals surface area (Å²) < 4.78 is 5.29. The van der Waals surface area contributed by atoms with E-state index in [0.29, 0.717) is 4.88 Å². The van der Waals surface area contributed by atoms with Gasteiger partial charge in [0.25, 0.3) is 5.91 Å². The second-order valence-electron chi connectivity index (χ2n) is 6.71. The van der Waals surface area contributed by atoms with Gasteiger partial charge in [0, 0.05) is 13.1 Å². The van der Waals surface area contributed by atoms with Crippen molar-refractivity contribution in [3.05, 3.63) is 21.9 Å². The zero-order chi connectivity index (χ0) is 18.1. The summed E-state index contributed by atoms with van der Waals surface area (Å²) >= 11 is 1.29. The van der Waals surface area contributed by atoms with Crippen molar-refractivity contribution in [2.24, 2.45) is 0 Å². The first-order valence-electron chi connectivity index (χ1n) is 7.66. The topological polar surface area (TPSA) is 87.2 Å². The number of hydrogen-bond acceptors (Lipinski definition) is 5. The summed E-state index contributed by atoms with van der Waals surface area (Å²) in [6.07, 6.45) is -0.562. The van der Waals surface area contributed by atoms with Gasteiger partial charge in [-0.15, -0.1) is 11.3 Å². The molecule has 1 aliphatic heterocycles. The Kier molecular flexibility index (Phi) is 5.17. The first-order chi connectivity index (χ1) is 11.1. The van der Waals surface area contributed by atoms with Gasteiger partial charge in [0.15, 0.2) is 0 Å². The van der Waals surface area contributed by atoms with Crippen LogP contribution in [0.25, 0.3) is 0 Å². The van der Waals surface area contributed by atoms with Gasteiger partial charge in [-0.2, -0.15) is 0 Å². The van der Waals surface area contributed by atoms with Crippen LogP contribution in [0.4, 0.5) is 4.79 Å². The molecule has 1 N–H and O–H groups in total. The van der Waals surface area contributed by atoms with Crippen molar-refractivity contribution in [1.82, 2.24) is 9.80 Å². The molecule has 0 unspecified atom stereocenters. The number of rotatable bonds is 2. The van der Waals surface area contributed by atoms with Gasteiger partial charge in [-0.05, 0) is 44.7 Å². The summed E-state index contributed by atoms with van der Waals surface area (Å²) in [5.41, 5.74) is 0.167. The zero-order valence-electron chi connectivity index (χ0n) is 14.2. The van der Waals surface area contributed by atoms with Crippen LogP contribution in [0.3, 0.4) is 0 Å². The highest BCUT2D eigenvalue weighted by molar-refractivity contribution is 7.12. The Morgan fingerprint density at radius 2 is 1.96 bits per heavy atom. The van der Waals surface area contributed by atoms with Gasteiger partial charge in [-0.3, -0.25) is 4.79 Å². The van der Waals surface area contributed by atoms with Gasteiger partial charge < -0.3 is 19.6 Å². The highest BCUT2D eigenvalue weighted by atomic mass is 32.1. The molecule has 1 atom stereocenters. The molecule has 1 aliphatic rings. The Morgan fingerprint density at radius 3 is 2.46 bits per heavy atom. The van der Waals surface area contributed by atoms with Crippen molar-refractivity contribution in [3.63, 3.8) is 0 Å². The van der Waals surface area contributed by atoms with E-state index in [9.17, 15) is 19.5 Å². The summed E-state index contributed by atoms with van der Waals surface area (Å²) in [6, 6.07) is 0.741. The minimum absolute atomic E-state index is 0.0829. The number of hydrogen-bond donors (Lipinski definition) is 1. The first kappa shape index (κ1) is 18.3. The van der Waals surface area contributed by atoms with Gasteiger partial charge in [0.2, 0.25) is 0 Å². The van der Waals surface area contributed by atoms with E-state index in [0.717, 1.165) is 5.56 Å². The fourth-order valence-electron chi connectivity index (χ4n) is 2.45. The molecule has 2 amide bonds. The largest absolute Gasteiger partial charge is 0.480 e. The van der Waals surface area contributed by atoms with E-state index in [1.54, 1.807) is 26.2 Å². The van der Waals surface area contributed by atoms with E-state index < -0.39 is 23.7 Å². The van der Waals surface area contributed by atoms with Crippen LogP contribution in [0.2, 0.25) is 0 Å². The predicted molar refractivity (Wildman–Crippen MR) is 89.3 cm³/mol. The quantitative estimate of drug-likeness (QED) is 0.880. The van der Waals surface area contributed by atoms with Gasteiger partial charge in [0.1, 0.15) is 11.6 Å². The molecule has 1 saturated heterocycles. The standard InChI is InChI=1S/C16H22N2O5S/c1-10-5-8-24-12(10)13(19)18-7-6-17(9-11(18)14(20)21)15(22)23-16(2,3)4/h5,8,11H,6-7,9H2,1-4H3,(H,20,21)/t11-/m0/s1. The number of carbonyl (C=O) groups excluding carboxylic acids is 2. The van der Waals surface area contributed by atoms with Gasteiger partial charge in [-0.1, -0.05) is 0 Å². The number of piperazine rings is 1. The Bertz CT molecular complexity index is 649. The SMILES string of the molecule is Cc1ccsc1C(=O)N1CCN(C(=O)OC(C)(C)C)C[C@H]1C(=O)O. The number of aliphatic carboxylic acids is 1. The lowest BCUT2D eigenvalue weighted by molar-refractivity contribution is -0.144. The lowest BCUT2D eigenvalue weighted by Crippen LogP contribution is -2.59. The Balaban J connectivity index is 2.14. The molecule has 1 fully saturated rings. The van der Waals surface area contributed by atoms with Crippen LogP contribution in [0.15, 0.2) is 11.4 Å². The van der Waals surface area contributed by atoms with Crippen molar-refractivity contribution in [2.45, 2.75) is 39.3 Å². The van der Waals surface area contributed by atoms with Gasteiger partial charge >= 0.3 is 12.1 Å². The third kappa shape index (κ3) is 4.05. The Morgan fingerprint density at radius 1 is 1.29 bits per heavy atom. The molecule has 0 bridgehead atoms. The molecular weight excluding hydrogens is 332 g/mol. The summed E-state index contributed by atoms with van der Waals surface area (Å²) in [5.74, 6) is -1.44. The number of nitrogens with zero attached hydrogens (tertiary/aromatic N) is 2. The molecule has 0 aromatic carbocycles. The van der Waals surface area contributed by atoms with E-state index in [4.69, 9.17) is 4.74 Å². The molecule has 2 heterocycles. The van der Waals surface area contributed by atoms with Crippen LogP contribution < -0.4 is 0 Å². The van der Waals surface area contributed by atoms with E-state index in [1.165, 1.54) is 21.1 Å². The molecule has 132 valence electrons. The number of thiophene rings is 1. The Labute approximate surface area is 144 Å². The van der Waals surface area contributed by atoms with E-state index in [-0.39, 0.29) is 25.5 Å². The van der Waals surface area contributed by atoms with Crippen molar-refractivity contribution in [1.29, 1.82) is 0 Å². The summed E-state index contributed by atoms with van der Waals surface area (Å²) in [7, 11) is 0. The van der Waals surface area contributed by atoms with Crippen LogP contribution in [0.1, 0.15) is 36.0 Å². The molecule has 7 nitrogen and oxygen atoms in total. The van der Waals surface area contributed by atoms with E-state index in [2.05, 4.69) is 0 Å². The number of carboxylic acids is 1. The summed E-state index contributed by atoms with van der Waals surface area (Å²) in [5, 5.41) is 11.3. The van der Waals surface area contributed by atoms with Crippen LogP contribution in [0, 0.1) is 6.92 Å². The average molecular weight is 354 g/mol. The van der Waals surface area contributed by atoms with E-state index in [1.807, 2.05) is 13.0 Å². The van der Waals surface area contributed by atoms with Crippen LogP contribution >= 0.6 is 11.3 Å². The number of ether oxygens (including phenoxy) is 1. The molecule has 1 aromatic rings. The molecule has 0 aliphatic carbocycles. The minimum atomic E-state index is -1.13. The van der Waals surface area contributed by atoms with Crippen LogP contribution in [-0.4, -0.2) is 64.2 Å². The second-order valence-corrected chi connectivity index (χ2v) is 7.63. The normalized spacial score (nSPS) is 18.4. The van der Waals surface area contributed by atoms with Crippen molar-refractivity contribution in [3.8, 4) is 0 Å². The van der Waals surface area contributed by atoms with Crippen LogP contribution in [0.5, 0.6) is 0 Å². The van der Waals surface area contributed by atoms with Gasteiger partial charge in [-0.25, -0.2) is 9.59 Å². The fourth-order valence-corrected chi connectivity index (χ4v) is 3.33. The molecular formula is C16H22N2O5S. The number of carboxylic acid groups (broad SMARTS) is 1. The maximum absolute atomic E-state index is 12.6. The highest BCUT2D eigenvalue weighted by Crippen LogP contribution is 2.22. The molecule has 8 heteroatoms. The van der Waals surface area contributed by atoms with Crippen LogP contribution in [-0.2, 0) is 9.53 Å². The molecule has 2 rings (SSSR count). The maximum atomic E-state index is 12.6. The Hall–Kier alpha value is -2.09. The number of amides is 2. The summed E-state index contributed by atoms with van der Waals surface area (Å²) in [6.45, 7) is 7.38.